The number of carbonyl (C=O) groups is 1. The summed E-state index contributed by atoms with van der Waals surface area (Å²) in [6.45, 7) is 1.98. The number of hydrogen-bond donors (Lipinski definition) is 3. The second-order valence-electron chi connectivity index (χ2n) is 4.66. The molecule has 1 aromatic rings. The van der Waals surface area contributed by atoms with E-state index in [9.17, 15) is 4.79 Å². The number of aliphatic hydroxyl groups is 1. The highest BCUT2D eigenvalue weighted by atomic mass is 16.5. The maximum Gasteiger partial charge on any atom is 0.263 e. The van der Waals surface area contributed by atoms with Crippen LogP contribution < -0.4 is 20.1 Å². The fourth-order valence-corrected chi connectivity index (χ4v) is 1.87. The van der Waals surface area contributed by atoms with E-state index in [-0.39, 0.29) is 24.8 Å². The smallest absolute Gasteiger partial charge is 0.263 e. The van der Waals surface area contributed by atoms with Gasteiger partial charge in [-0.3, -0.25) is 4.79 Å². The van der Waals surface area contributed by atoms with Gasteiger partial charge in [-0.2, -0.15) is 5.26 Å². The Labute approximate surface area is 135 Å². The summed E-state index contributed by atoms with van der Waals surface area (Å²) in [4.78, 5) is 12.1. The van der Waals surface area contributed by atoms with Gasteiger partial charge in [-0.05, 0) is 24.6 Å². The summed E-state index contributed by atoms with van der Waals surface area (Å²) in [6.07, 6.45) is 1.28. The van der Waals surface area contributed by atoms with Crippen LogP contribution in [-0.4, -0.2) is 38.4 Å². The third kappa shape index (κ3) is 5.20. The second kappa shape index (κ2) is 9.33. The minimum absolute atomic E-state index is 0.0641. The lowest BCUT2D eigenvalue weighted by Crippen LogP contribution is -2.28. The number of methoxy groups -OCH3 is 2. The number of aliphatic hydroxyl groups excluding tert-OH is 1. The molecule has 0 spiro atoms. The zero-order valence-electron chi connectivity index (χ0n) is 13.4. The van der Waals surface area contributed by atoms with E-state index in [2.05, 4.69) is 10.6 Å². The summed E-state index contributed by atoms with van der Waals surface area (Å²) in [6, 6.07) is 6.83. The van der Waals surface area contributed by atoms with Crippen LogP contribution in [-0.2, 0) is 4.79 Å². The predicted molar refractivity (Wildman–Crippen MR) is 84.9 cm³/mol. The van der Waals surface area contributed by atoms with Crippen molar-refractivity contribution in [3.05, 3.63) is 35.5 Å². The van der Waals surface area contributed by atoms with Crippen molar-refractivity contribution in [2.75, 3.05) is 27.4 Å². The van der Waals surface area contributed by atoms with Gasteiger partial charge >= 0.3 is 0 Å². The van der Waals surface area contributed by atoms with Gasteiger partial charge in [0.15, 0.2) is 11.5 Å². The second-order valence-corrected chi connectivity index (χ2v) is 4.66. The van der Waals surface area contributed by atoms with Crippen LogP contribution in [0.1, 0.15) is 18.5 Å². The summed E-state index contributed by atoms with van der Waals surface area (Å²) in [5, 5.41) is 23.1. The van der Waals surface area contributed by atoms with Gasteiger partial charge in [0.1, 0.15) is 11.6 Å². The van der Waals surface area contributed by atoms with E-state index in [1.165, 1.54) is 13.3 Å². The molecule has 0 bridgehead atoms. The molecule has 1 rings (SSSR count). The third-order valence-electron chi connectivity index (χ3n) is 3.12. The highest BCUT2D eigenvalue weighted by molar-refractivity contribution is 5.97. The van der Waals surface area contributed by atoms with Crippen molar-refractivity contribution >= 4 is 5.91 Å². The van der Waals surface area contributed by atoms with Crippen LogP contribution in [0.15, 0.2) is 30.0 Å². The average molecular weight is 319 g/mol. The lowest BCUT2D eigenvalue weighted by Gasteiger charge is -2.16. The number of amides is 1. The van der Waals surface area contributed by atoms with E-state index >= 15 is 0 Å². The van der Waals surface area contributed by atoms with Crippen LogP contribution in [0.4, 0.5) is 0 Å². The first-order valence-corrected chi connectivity index (χ1v) is 7.04. The number of carbonyl (C=O) groups excluding carboxylic acids is 1. The van der Waals surface area contributed by atoms with E-state index in [1.54, 1.807) is 26.2 Å². The Morgan fingerprint density at radius 1 is 1.39 bits per heavy atom. The maximum absolute atomic E-state index is 12.1. The molecule has 7 nitrogen and oxygen atoms in total. The zero-order valence-corrected chi connectivity index (χ0v) is 13.4. The first-order chi connectivity index (χ1) is 11.1. The molecule has 0 radical (unpaired) electrons. The van der Waals surface area contributed by atoms with Crippen molar-refractivity contribution in [1.82, 2.24) is 10.6 Å². The Bertz CT molecular complexity index is 608. The Balaban J connectivity index is 2.82. The van der Waals surface area contributed by atoms with Crippen molar-refractivity contribution in [1.29, 1.82) is 5.26 Å². The SMILES string of the molecule is COc1ccc(C(C)NC(=O)/C(C#N)=C\NCCO)cc1OC. The number of nitriles is 1. The first-order valence-electron chi connectivity index (χ1n) is 7.04. The Morgan fingerprint density at radius 3 is 2.65 bits per heavy atom. The highest BCUT2D eigenvalue weighted by Gasteiger charge is 2.15. The van der Waals surface area contributed by atoms with Crippen LogP contribution in [0.3, 0.4) is 0 Å². The summed E-state index contributed by atoms with van der Waals surface area (Å²) in [7, 11) is 3.08. The summed E-state index contributed by atoms with van der Waals surface area (Å²) in [5.41, 5.74) is 0.752. The largest absolute Gasteiger partial charge is 0.493 e. The molecular weight excluding hydrogens is 298 g/mol. The number of rotatable bonds is 8. The maximum atomic E-state index is 12.1. The van der Waals surface area contributed by atoms with Crippen LogP contribution in [0.2, 0.25) is 0 Å². The Hall–Kier alpha value is -2.72. The molecule has 124 valence electrons. The molecule has 0 fully saturated rings. The minimum Gasteiger partial charge on any atom is -0.493 e. The topological polar surface area (TPSA) is 104 Å². The Kier molecular flexibility index (Phi) is 7.43. The third-order valence-corrected chi connectivity index (χ3v) is 3.12. The lowest BCUT2D eigenvalue weighted by atomic mass is 10.1. The Morgan fingerprint density at radius 2 is 2.09 bits per heavy atom. The quantitative estimate of drug-likeness (QED) is 0.373. The van der Waals surface area contributed by atoms with E-state index in [1.807, 2.05) is 12.1 Å². The number of nitrogens with one attached hydrogen (secondary N) is 2. The van der Waals surface area contributed by atoms with Crippen molar-refractivity contribution in [3.63, 3.8) is 0 Å². The van der Waals surface area contributed by atoms with Crippen molar-refractivity contribution in [2.24, 2.45) is 0 Å². The average Bonchev–Trinajstić information content (AvgIpc) is 2.57. The van der Waals surface area contributed by atoms with Gasteiger partial charge in [0, 0.05) is 12.7 Å². The molecular formula is C16H21N3O4. The van der Waals surface area contributed by atoms with Gasteiger partial charge in [0.05, 0.1) is 26.9 Å². The number of ether oxygens (including phenoxy) is 2. The number of hydrogen-bond acceptors (Lipinski definition) is 6. The fourth-order valence-electron chi connectivity index (χ4n) is 1.87. The van der Waals surface area contributed by atoms with Crippen LogP contribution in [0.5, 0.6) is 11.5 Å². The minimum atomic E-state index is -0.500. The molecule has 1 atom stereocenters. The molecule has 0 aliphatic carbocycles. The zero-order chi connectivity index (χ0) is 17.2. The molecule has 0 saturated heterocycles. The normalized spacial score (nSPS) is 12.0. The van der Waals surface area contributed by atoms with Crippen LogP contribution in [0.25, 0.3) is 0 Å². The number of benzene rings is 1. The van der Waals surface area contributed by atoms with Crippen molar-refractivity contribution in [2.45, 2.75) is 13.0 Å². The molecule has 0 aliphatic rings. The molecule has 1 unspecified atom stereocenters. The van der Waals surface area contributed by atoms with Gasteiger partial charge in [-0.1, -0.05) is 6.07 Å². The van der Waals surface area contributed by atoms with Gasteiger partial charge < -0.3 is 25.2 Å². The molecule has 1 aromatic carbocycles. The molecule has 7 heteroatoms. The van der Waals surface area contributed by atoms with Crippen LogP contribution >= 0.6 is 0 Å². The predicted octanol–water partition coefficient (Wildman–Crippen LogP) is 0.870. The van der Waals surface area contributed by atoms with E-state index in [4.69, 9.17) is 19.8 Å². The molecule has 0 aromatic heterocycles. The van der Waals surface area contributed by atoms with E-state index in [0.717, 1.165) is 5.56 Å². The first kappa shape index (κ1) is 18.3. The molecule has 3 N–H and O–H groups in total. The van der Waals surface area contributed by atoms with Crippen molar-refractivity contribution in [3.8, 4) is 17.6 Å². The summed E-state index contributed by atoms with van der Waals surface area (Å²) < 4.78 is 10.4. The monoisotopic (exact) mass is 319 g/mol. The molecule has 1 amide bonds. The summed E-state index contributed by atoms with van der Waals surface area (Å²) in [5.74, 6) is 0.660. The molecule has 23 heavy (non-hydrogen) atoms. The van der Waals surface area contributed by atoms with Gasteiger partial charge in [-0.15, -0.1) is 0 Å². The molecule has 0 aliphatic heterocycles. The van der Waals surface area contributed by atoms with Crippen molar-refractivity contribution < 1.29 is 19.4 Å². The van der Waals surface area contributed by atoms with Gasteiger partial charge in [0.25, 0.3) is 5.91 Å². The lowest BCUT2D eigenvalue weighted by molar-refractivity contribution is -0.117. The fraction of sp³-hybridized carbons (Fsp3) is 0.375. The molecule has 0 heterocycles. The van der Waals surface area contributed by atoms with E-state index < -0.39 is 5.91 Å². The van der Waals surface area contributed by atoms with Crippen LogP contribution in [0, 0.1) is 11.3 Å². The molecule has 0 saturated carbocycles. The van der Waals surface area contributed by atoms with Gasteiger partial charge in [0.2, 0.25) is 0 Å². The van der Waals surface area contributed by atoms with E-state index in [0.29, 0.717) is 11.5 Å². The van der Waals surface area contributed by atoms with Gasteiger partial charge in [-0.25, -0.2) is 0 Å². The number of nitrogens with zero attached hydrogens (tertiary/aromatic N) is 1. The highest BCUT2D eigenvalue weighted by Crippen LogP contribution is 2.29. The standard InChI is InChI=1S/C16H21N3O4/c1-11(12-4-5-14(22-2)15(8-12)23-3)19-16(21)13(9-17)10-18-6-7-20/h4-5,8,10-11,18,20H,6-7H2,1-3H3,(H,19,21)/b13-10-. The summed E-state index contributed by atoms with van der Waals surface area (Å²) >= 11 is 0.